The molecule has 1 heterocycles. The minimum absolute atomic E-state index is 0.0695. The lowest BCUT2D eigenvalue weighted by atomic mass is 9.89. The molecule has 3 N–H and O–H groups in total. The molecule has 0 saturated carbocycles. The molecule has 138 valence electrons. The number of aryl methyl sites for hydroxylation is 2. The number of urea groups is 1. The lowest BCUT2D eigenvalue weighted by Crippen LogP contribution is -2.41. The smallest absolute Gasteiger partial charge is 0.315 e. The molecule has 2 aromatic rings. The van der Waals surface area contributed by atoms with Gasteiger partial charge in [-0.05, 0) is 61.4 Å². The van der Waals surface area contributed by atoms with E-state index in [-0.39, 0.29) is 23.7 Å². The second-order valence-corrected chi connectivity index (χ2v) is 6.59. The predicted octanol–water partition coefficient (Wildman–Crippen LogP) is 2.95. The molecule has 3 rings (SSSR count). The van der Waals surface area contributed by atoms with Crippen LogP contribution in [0.1, 0.15) is 53.1 Å². The Bertz CT molecular complexity index is 756. The number of rotatable bonds is 6. The highest BCUT2D eigenvalue weighted by Crippen LogP contribution is 2.24. The van der Waals surface area contributed by atoms with Crippen molar-refractivity contribution in [1.82, 2.24) is 16.0 Å². The van der Waals surface area contributed by atoms with E-state index in [0.29, 0.717) is 13.1 Å². The van der Waals surface area contributed by atoms with Gasteiger partial charge in [-0.1, -0.05) is 18.2 Å². The van der Waals surface area contributed by atoms with Crippen molar-refractivity contribution in [1.29, 1.82) is 0 Å². The molecule has 26 heavy (non-hydrogen) atoms. The molecular weight excluding hydrogens is 330 g/mol. The van der Waals surface area contributed by atoms with Crippen LogP contribution >= 0.6 is 0 Å². The fourth-order valence-corrected chi connectivity index (χ4v) is 3.20. The van der Waals surface area contributed by atoms with Gasteiger partial charge in [0, 0.05) is 13.1 Å². The zero-order valence-electron chi connectivity index (χ0n) is 15.0. The third-order valence-electron chi connectivity index (χ3n) is 4.66. The number of amides is 3. The van der Waals surface area contributed by atoms with Gasteiger partial charge in [0.2, 0.25) is 0 Å². The molecule has 0 bridgehead atoms. The van der Waals surface area contributed by atoms with Crippen LogP contribution in [0, 0.1) is 0 Å². The van der Waals surface area contributed by atoms with Crippen molar-refractivity contribution < 1.29 is 14.0 Å². The average molecular weight is 355 g/mol. The molecule has 1 aliphatic carbocycles. The van der Waals surface area contributed by atoms with E-state index in [0.717, 1.165) is 18.4 Å². The van der Waals surface area contributed by atoms with Crippen molar-refractivity contribution in [3.05, 3.63) is 59.0 Å². The number of hydrogen-bond acceptors (Lipinski definition) is 3. The Morgan fingerprint density at radius 1 is 1.08 bits per heavy atom. The lowest BCUT2D eigenvalue weighted by Gasteiger charge is -2.20. The summed E-state index contributed by atoms with van der Waals surface area (Å²) in [4.78, 5) is 23.7. The van der Waals surface area contributed by atoms with Gasteiger partial charge < -0.3 is 20.4 Å². The van der Waals surface area contributed by atoms with Gasteiger partial charge in [-0.3, -0.25) is 4.79 Å². The molecule has 1 aliphatic rings. The summed E-state index contributed by atoms with van der Waals surface area (Å²) in [7, 11) is 0. The van der Waals surface area contributed by atoms with Crippen molar-refractivity contribution in [2.75, 3.05) is 13.1 Å². The van der Waals surface area contributed by atoms with Gasteiger partial charge in [-0.15, -0.1) is 0 Å². The molecule has 1 aromatic heterocycles. The second-order valence-electron chi connectivity index (χ2n) is 6.59. The molecule has 0 aliphatic heterocycles. The molecule has 6 heteroatoms. The van der Waals surface area contributed by atoms with Crippen molar-refractivity contribution in [2.45, 2.75) is 38.6 Å². The topological polar surface area (TPSA) is 83.4 Å². The number of benzene rings is 1. The minimum atomic E-state index is -0.292. The van der Waals surface area contributed by atoms with Crippen LogP contribution in [0.4, 0.5) is 4.79 Å². The normalized spacial score (nSPS) is 14.2. The van der Waals surface area contributed by atoms with E-state index >= 15 is 0 Å². The van der Waals surface area contributed by atoms with Crippen molar-refractivity contribution in [3.8, 4) is 0 Å². The number of furan rings is 1. The Kier molecular flexibility index (Phi) is 5.94. The molecular formula is C20H25N3O3. The fraction of sp³-hybridized carbons (Fsp3) is 0.400. The summed E-state index contributed by atoms with van der Waals surface area (Å²) in [5.41, 5.74) is 3.96. The van der Waals surface area contributed by atoms with Crippen molar-refractivity contribution in [3.63, 3.8) is 0 Å². The third-order valence-corrected chi connectivity index (χ3v) is 4.66. The summed E-state index contributed by atoms with van der Waals surface area (Å²) < 4.78 is 5.00. The molecule has 6 nitrogen and oxygen atoms in total. The highest BCUT2D eigenvalue weighted by Gasteiger charge is 2.14. The number of nitrogens with one attached hydrogen (secondary N) is 3. The van der Waals surface area contributed by atoms with Crippen LogP contribution in [0.2, 0.25) is 0 Å². The Morgan fingerprint density at radius 2 is 1.85 bits per heavy atom. The van der Waals surface area contributed by atoms with Gasteiger partial charge in [0.05, 0.1) is 12.3 Å². The Hall–Kier alpha value is -2.76. The number of carbonyl (C=O) groups excluding carboxylic acids is 2. The van der Waals surface area contributed by atoms with Crippen LogP contribution in [0.5, 0.6) is 0 Å². The van der Waals surface area contributed by atoms with Crippen molar-refractivity contribution in [2.24, 2.45) is 0 Å². The first-order valence-electron chi connectivity index (χ1n) is 9.11. The van der Waals surface area contributed by atoms with E-state index in [1.54, 1.807) is 12.1 Å². The van der Waals surface area contributed by atoms with Crippen molar-refractivity contribution >= 4 is 11.9 Å². The summed E-state index contributed by atoms with van der Waals surface area (Å²) in [5.74, 6) is -0.0323. The second kappa shape index (κ2) is 8.56. The number of fused-ring (bicyclic) bond motifs is 1. The summed E-state index contributed by atoms with van der Waals surface area (Å²) in [6.07, 6.45) is 6.23. The van der Waals surface area contributed by atoms with Crippen LogP contribution in [0.3, 0.4) is 0 Å². The predicted molar refractivity (Wildman–Crippen MR) is 99.1 cm³/mol. The summed E-state index contributed by atoms with van der Waals surface area (Å²) in [6.45, 7) is 2.65. The van der Waals surface area contributed by atoms with E-state index < -0.39 is 0 Å². The van der Waals surface area contributed by atoms with Crippen LogP contribution in [0.25, 0.3) is 0 Å². The summed E-state index contributed by atoms with van der Waals surface area (Å²) >= 11 is 0. The first-order chi connectivity index (χ1) is 12.6. The SMILES string of the molecule is CC(NC(=O)NCCNC(=O)c1ccco1)c1ccc2c(c1)CCCC2. The third kappa shape index (κ3) is 4.65. The highest BCUT2D eigenvalue weighted by molar-refractivity contribution is 5.91. The molecule has 0 spiro atoms. The molecule has 1 unspecified atom stereocenters. The zero-order chi connectivity index (χ0) is 18.4. The summed E-state index contributed by atoms with van der Waals surface area (Å²) in [6, 6.07) is 9.42. The molecule has 0 fully saturated rings. The molecule has 3 amide bonds. The number of carbonyl (C=O) groups is 2. The van der Waals surface area contributed by atoms with E-state index in [1.807, 2.05) is 6.92 Å². The van der Waals surface area contributed by atoms with E-state index in [1.165, 1.54) is 30.2 Å². The first kappa shape index (κ1) is 18.0. The Labute approximate surface area is 153 Å². The van der Waals surface area contributed by atoms with Gasteiger partial charge in [-0.25, -0.2) is 4.79 Å². The maximum atomic E-state index is 12.0. The van der Waals surface area contributed by atoms with E-state index in [2.05, 4.69) is 34.1 Å². The maximum absolute atomic E-state index is 12.0. The minimum Gasteiger partial charge on any atom is -0.459 e. The largest absolute Gasteiger partial charge is 0.459 e. The van der Waals surface area contributed by atoms with Crippen LogP contribution in [-0.2, 0) is 12.8 Å². The number of hydrogen-bond donors (Lipinski definition) is 3. The van der Waals surface area contributed by atoms with Gasteiger partial charge in [0.15, 0.2) is 5.76 Å². The summed E-state index contributed by atoms with van der Waals surface area (Å²) in [5, 5.41) is 8.37. The van der Waals surface area contributed by atoms with Crippen LogP contribution < -0.4 is 16.0 Å². The maximum Gasteiger partial charge on any atom is 0.315 e. The molecule has 0 radical (unpaired) electrons. The van der Waals surface area contributed by atoms with Crippen LogP contribution in [0.15, 0.2) is 41.0 Å². The van der Waals surface area contributed by atoms with E-state index in [9.17, 15) is 9.59 Å². The lowest BCUT2D eigenvalue weighted by molar-refractivity contribution is 0.0926. The quantitative estimate of drug-likeness (QED) is 0.697. The molecule has 1 atom stereocenters. The standard InChI is InChI=1S/C20H25N3O3/c1-14(16-9-8-15-5-2-3-6-17(15)13-16)23-20(25)22-11-10-21-19(24)18-7-4-12-26-18/h4,7-9,12-14H,2-3,5-6,10-11H2,1H3,(H,21,24)(H2,22,23,25). The van der Waals surface area contributed by atoms with Crippen LogP contribution in [-0.4, -0.2) is 25.0 Å². The monoisotopic (exact) mass is 355 g/mol. The van der Waals surface area contributed by atoms with E-state index in [4.69, 9.17) is 4.42 Å². The zero-order valence-corrected chi connectivity index (χ0v) is 15.0. The van der Waals surface area contributed by atoms with Gasteiger partial charge in [0.1, 0.15) is 0 Å². The fourth-order valence-electron chi connectivity index (χ4n) is 3.20. The molecule has 0 saturated heterocycles. The van der Waals surface area contributed by atoms with Gasteiger partial charge in [0.25, 0.3) is 5.91 Å². The van der Waals surface area contributed by atoms with Gasteiger partial charge in [-0.2, -0.15) is 0 Å². The van der Waals surface area contributed by atoms with Gasteiger partial charge >= 0.3 is 6.03 Å². The Morgan fingerprint density at radius 3 is 2.62 bits per heavy atom. The first-order valence-corrected chi connectivity index (χ1v) is 9.11. The highest BCUT2D eigenvalue weighted by atomic mass is 16.3. The average Bonchev–Trinajstić information content (AvgIpc) is 3.19. The molecule has 1 aromatic carbocycles. The Balaban J connectivity index is 1.41.